The van der Waals surface area contributed by atoms with Gasteiger partial charge >= 0.3 is 6.18 Å². The fourth-order valence-corrected chi connectivity index (χ4v) is 3.21. The largest absolute Gasteiger partial charge is 0.417 e. The number of carbonyl (C=O) groups excluding carboxylic acids is 1. The summed E-state index contributed by atoms with van der Waals surface area (Å²) < 4.78 is 38.4. The summed E-state index contributed by atoms with van der Waals surface area (Å²) in [5.74, 6) is 0.612. The van der Waals surface area contributed by atoms with Gasteiger partial charge in [0.25, 0.3) is 0 Å². The first-order valence-corrected chi connectivity index (χ1v) is 7.96. The van der Waals surface area contributed by atoms with E-state index in [1.165, 1.54) is 0 Å². The van der Waals surface area contributed by atoms with Crippen LogP contribution in [0.3, 0.4) is 0 Å². The minimum Gasteiger partial charge on any atom is -0.380 e. The maximum Gasteiger partial charge on any atom is 0.417 e. The van der Waals surface area contributed by atoms with Gasteiger partial charge in [-0.05, 0) is 38.5 Å². The highest BCUT2D eigenvalue weighted by molar-refractivity contribution is 5.81. The van der Waals surface area contributed by atoms with Crippen molar-refractivity contribution in [1.82, 2.24) is 9.80 Å². The lowest BCUT2D eigenvalue weighted by Crippen LogP contribution is -2.57. The van der Waals surface area contributed by atoms with Crippen molar-refractivity contribution < 1.29 is 23.1 Å². The standard InChI is InChI=1S/C15H25F3N2O2/c1-11-3-7-20(8-4-11)13(21)12(2)19-9-5-14(22,6-10-19)15(16,17)18/h11-12,22H,3-10H2,1-2H3. The first-order valence-electron chi connectivity index (χ1n) is 7.96. The van der Waals surface area contributed by atoms with Crippen molar-refractivity contribution >= 4 is 5.91 Å². The molecule has 2 saturated heterocycles. The lowest BCUT2D eigenvalue weighted by Gasteiger charge is -2.42. The Bertz CT molecular complexity index is 398. The predicted octanol–water partition coefficient (Wildman–Crippen LogP) is 2.02. The van der Waals surface area contributed by atoms with E-state index in [4.69, 9.17) is 0 Å². The third-order valence-electron chi connectivity index (χ3n) is 5.15. The van der Waals surface area contributed by atoms with Crippen LogP contribution in [0.2, 0.25) is 0 Å². The summed E-state index contributed by atoms with van der Waals surface area (Å²) in [6.07, 6.45) is -3.38. The second-order valence-electron chi connectivity index (χ2n) is 6.75. The van der Waals surface area contributed by atoms with Gasteiger partial charge < -0.3 is 10.0 Å². The Balaban J connectivity index is 1.89. The molecule has 2 aliphatic rings. The third kappa shape index (κ3) is 3.56. The zero-order chi connectivity index (χ0) is 16.5. The molecule has 2 rings (SSSR count). The zero-order valence-corrected chi connectivity index (χ0v) is 13.2. The molecule has 2 heterocycles. The van der Waals surface area contributed by atoms with Crippen LogP contribution in [-0.4, -0.2) is 64.8 Å². The van der Waals surface area contributed by atoms with Crippen molar-refractivity contribution in [3.63, 3.8) is 0 Å². The second kappa shape index (κ2) is 6.35. The van der Waals surface area contributed by atoms with Crippen molar-refractivity contribution in [2.45, 2.75) is 57.3 Å². The topological polar surface area (TPSA) is 43.8 Å². The Morgan fingerprint density at radius 1 is 1.18 bits per heavy atom. The molecule has 0 bridgehead atoms. The zero-order valence-electron chi connectivity index (χ0n) is 13.2. The maximum absolute atomic E-state index is 12.8. The van der Waals surface area contributed by atoms with E-state index in [2.05, 4.69) is 6.92 Å². The molecule has 0 saturated carbocycles. The van der Waals surface area contributed by atoms with Crippen molar-refractivity contribution in [1.29, 1.82) is 0 Å². The molecule has 1 atom stereocenters. The highest BCUT2D eigenvalue weighted by Gasteiger charge is 2.55. The van der Waals surface area contributed by atoms with Crippen LogP contribution in [0, 0.1) is 5.92 Å². The minimum atomic E-state index is -4.60. The summed E-state index contributed by atoms with van der Waals surface area (Å²) >= 11 is 0. The number of amides is 1. The van der Waals surface area contributed by atoms with Gasteiger partial charge in [0.1, 0.15) is 0 Å². The molecule has 0 aliphatic carbocycles. The molecule has 7 heteroatoms. The van der Waals surface area contributed by atoms with Crippen LogP contribution in [0.5, 0.6) is 0 Å². The van der Waals surface area contributed by atoms with Crippen LogP contribution in [0.15, 0.2) is 0 Å². The molecule has 4 nitrogen and oxygen atoms in total. The monoisotopic (exact) mass is 322 g/mol. The number of alkyl halides is 3. The number of rotatable bonds is 2. The van der Waals surface area contributed by atoms with Crippen molar-refractivity contribution in [2.75, 3.05) is 26.2 Å². The average molecular weight is 322 g/mol. The average Bonchev–Trinajstić information content (AvgIpc) is 2.46. The van der Waals surface area contributed by atoms with Crippen LogP contribution in [0.1, 0.15) is 39.5 Å². The van der Waals surface area contributed by atoms with E-state index >= 15 is 0 Å². The molecule has 0 aromatic rings. The number of aliphatic hydroxyl groups is 1. The minimum absolute atomic E-state index is 0.00986. The molecular weight excluding hydrogens is 297 g/mol. The molecule has 1 unspecified atom stereocenters. The molecule has 2 fully saturated rings. The summed E-state index contributed by atoms with van der Waals surface area (Å²) in [6, 6.07) is -0.425. The Hall–Kier alpha value is -0.820. The molecule has 2 aliphatic heterocycles. The van der Waals surface area contributed by atoms with Crippen molar-refractivity contribution in [2.24, 2.45) is 5.92 Å². The summed E-state index contributed by atoms with van der Waals surface area (Å²) in [7, 11) is 0. The Kier molecular flexibility index (Phi) is 5.06. The van der Waals surface area contributed by atoms with Gasteiger partial charge in [0.2, 0.25) is 5.91 Å². The molecule has 0 aromatic heterocycles. The smallest absolute Gasteiger partial charge is 0.380 e. The van der Waals surface area contributed by atoms with E-state index in [1.807, 2.05) is 4.90 Å². The van der Waals surface area contributed by atoms with E-state index in [9.17, 15) is 23.1 Å². The third-order valence-corrected chi connectivity index (χ3v) is 5.15. The highest BCUT2D eigenvalue weighted by Crippen LogP contribution is 2.38. The molecule has 128 valence electrons. The fraction of sp³-hybridized carbons (Fsp3) is 0.933. The lowest BCUT2D eigenvalue weighted by molar-refractivity contribution is -0.273. The number of hydrogen-bond donors (Lipinski definition) is 1. The SMILES string of the molecule is CC1CCN(C(=O)C(C)N2CCC(O)(C(F)(F)F)CC2)CC1. The van der Waals surface area contributed by atoms with Crippen LogP contribution in [-0.2, 0) is 4.79 Å². The van der Waals surface area contributed by atoms with Crippen LogP contribution in [0.4, 0.5) is 13.2 Å². The number of hydrogen-bond acceptors (Lipinski definition) is 3. The summed E-state index contributed by atoms with van der Waals surface area (Å²) in [5.41, 5.74) is -2.60. The van der Waals surface area contributed by atoms with E-state index in [1.54, 1.807) is 11.8 Å². The van der Waals surface area contributed by atoms with Gasteiger partial charge in [-0.3, -0.25) is 9.69 Å². The number of carbonyl (C=O) groups is 1. The molecule has 0 spiro atoms. The molecule has 1 N–H and O–H groups in total. The van der Waals surface area contributed by atoms with Crippen LogP contribution in [0.25, 0.3) is 0 Å². The summed E-state index contributed by atoms with van der Waals surface area (Å²) in [6.45, 7) is 5.54. The molecule has 1 amide bonds. The van der Waals surface area contributed by atoms with E-state index in [0.717, 1.165) is 25.9 Å². The number of piperidine rings is 2. The Morgan fingerprint density at radius 2 is 1.68 bits per heavy atom. The predicted molar refractivity (Wildman–Crippen MR) is 76.3 cm³/mol. The van der Waals surface area contributed by atoms with Gasteiger partial charge in [-0.2, -0.15) is 13.2 Å². The molecule has 22 heavy (non-hydrogen) atoms. The lowest BCUT2D eigenvalue weighted by atomic mass is 9.90. The van der Waals surface area contributed by atoms with Crippen molar-refractivity contribution in [3.8, 4) is 0 Å². The van der Waals surface area contributed by atoms with Gasteiger partial charge in [-0.1, -0.05) is 6.92 Å². The normalized spacial score (nSPS) is 26.0. The van der Waals surface area contributed by atoms with Gasteiger partial charge in [-0.25, -0.2) is 0 Å². The molecular formula is C15H25F3N2O2. The van der Waals surface area contributed by atoms with Gasteiger partial charge in [-0.15, -0.1) is 0 Å². The summed E-state index contributed by atoms with van der Waals surface area (Å²) in [5, 5.41) is 9.68. The maximum atomic E-state index is 12.8. The Morgan fingerprint density at radius 3 is 2.14 bits per heavy atom. The quantitative estimate of drug-likeness (QED) is 0.846. The number of likely N-dealkylation sites (tertiary alicyclic amines) is 2. The van der Waals surface area contributed by atoms with Crippen molar-refractivity contribution in [3.05, 3.63) is 0 Å². The Labute approximate surface area is 129 Å². The second-order valence-corrected chi connectivity index (χ2v) is 6.75. The first-order chi connectivity index (χ1) is 10.1. The van der Waals surface area contributed by atoms with E-state index < -0.39 is 17.8 Å². The fourth-order valence-electron chi connectivity index (χ4n) is 3.21. The number of halogens is 3. The van der Waals surface area contributed by atoms with Gasteiger partial charge in [0, 0.05) is 26.2 Å². The van der Waals surface area contributed by atoms with E-state index in [0.29, 0.717) is 5.92 Å². The first kappa shape index (κ1) is 17.5. The molecule has 0 aromatic carbocycles. The molecule has 0 radical (unpaired) electrons. The van der Waals surface area contributed by atoms with E-state index in [-0.39, 0.29) is 31.8 Å². The summed E-state index contributed by atoms with van der Waals surface area (Å²) in [4.78, 5) is 16.0. The van der Waals surface area contributed by atoms with Crippen LogP contribution >= 0.6 is 0 Å². The van der Waals surface area contributed by atoms with Gasteiger partial charge in [0.15, 0.2) is 5.60 Å². The highest BCUT2D eigenvalue weighted by atomic mass is 19.4. The number of nitrogens with zero attached hydrogens (tertiary/aromatic N) is 2. The van der Waals surface area contributed by atoms with Crippen LogP contribution < -0.4 is 0 Å². The van der Waals surface area contributed by atoms with Gasteiger partial charge in [0.05, 0.1) is 6.04 Å².